The van der Waals surface area contributed by atoms with Crippen molar-refractivity contribution in [1.29, 1.82) is 0 Å². The second-order valence-electron chi connectivity index (χ2n) is 2.49. The largest absolute Gasteiger partial charge is 0.450 e. The van der Waals surface area contributed by atoms with Gasteiger partial charge >= 0.3 is 12.2 Å². The normalized spacial score (nSPS) is 16.0. The van der Waals surface area contributed by atoms with Gasteiger partial charge in [0.05, 0.1) is 15.9 Å². The van der Waals surface area contributed by atoms with Gasteiger partial charge in [0.25, 0.3) is 0 Å². The fourth-order valence-electron chi connectivity index (χ4n) is 0.737. The Balaban J connectivity index is 3.45. The Kier molecular flexibility index (Phi) is 5.30. The van der Waals surface area contributed by atoms with Crippen molar-refractivity contribution in [2.24, 2.45) is 11.5 Å². The van der Waals surface area contributed by atoms with E-state index in [0.29, 0.717) is 25.7 Å². The molecule has 0 aliphatic carbocycles. The van der Waals surface area contributed by atoms with E-state index in [-0.39, 0.29) is 0 Å². The molecule has 0 aromatic rings. The van der Waals surface area contributed by atoms with Gasteiger partial charge in [0.15, 0.2) is 0 Å². The molecule has 0 saturated carbocycles. The van der Waals surface area contributed by atoms with E-state index in [1.807, 2.05) is 0 Å². The molecule has 0 radical (unpaired) electrons. The molecule has 2 amide bonds. The highest BCUT2D eigenvalue weighted by molar-refractivity contribution is 5.64. The minimum atomic E-state index is -0.987. The van der Waals surface area contributed by atoms with Crippen LogP contribution in [0.2, 0.25) is 0 Å². The minimum absolute atomic E-state index is 0.326. The quantitative estimate of drug-likeness (QED) is 0.599. The van der Waals surface area contributed by atoms with Gasteiger partial charge in [-0.25, -0.2) is 9.59 Å². The van der Waals surface area contributed by atoms with E-state index in [1.165, 1.54) is 0 Å². The summed E-state index contributed by atoms with van der Waals surface area (Å²) in [6.45, 7) is -1.97. The molecule has 0 rings (SSSR count). The molecule has 0 aromatic heterocycles. The van der Waals surface area contributed by atoms with Crippen LogP contribution in [0.1, 0.15) is 28.4 Å². The number of hydrogen-bond acceptors (Lipinski definition) is 4. The number of primary amides is 2. The third-order valence-corrected chi connectivity index (χ3v) is 1.29. The van der Waals surface area contributed by atoms with Crippen LogP contribution in [0.15, 0.2) is 0 Å². The smallest absolute Gasteiger partial charge is 0.404 e. The van der Waals surface area contributed by atoms with Crippen LogP contribution in [0.4, 0.5) is 9.59 Å². The van der Waals surface area contributed by atoms with Gasteiger partial charge in [0, 0.05) is 0 Å². The minimum Gasteiger partial charge on any atom is -0.450 e. The zero-order valence-corrected chi connectivity index (χ0v) is 7.77. The number of carbonyl (C=O) groups is 2. The van der Waals surface area contributed by atoms with Crippen molar-refractivity contribution < 1.29 is 21.8 Å². The predicted octanol–water partition coefficient (Wildman–Crippen LogP) is 0.737. The average molecular weight is 206 g/mol. The zero-order chi connectivity index (χ0) is 12.6. The summed E-state index contributed by atoms with van der Waals surface area (Å²) >= 11 is 0. The number of hydrogen-bond donors (Lipinski definition) is 2. The Morgan fingerprint density at radius 2 is 1.29 bits per heavy atom. The van der Waals surface area contributed by atoms with Crippen molar-refractivity contribution >= 4 is 12.2 Å². The molecule has 2 atom stereocenters. The molecule has 2 unspecified atom stereocenters. The molecular weight excluding hydrogens is 188 g/mol. The molecule has 6 heteroatoms. The summed E-state index contributed by atoms with van der Waals surface area (Å²) < 4.78 is 23.2. The first kappa shape index (κ1) is 9.11. The first-order chi connectivity index (χ1) is 7.41. The van der Waals surface area contributed by atoms with Crippen LogP contribution in [-0.2, 0) is 9.47 Å². The van der Waals surface area contributed by atoms with Crippen LogP contribution in [0.3, 0.4) is 0 Å². The Bertz CT molecular complexity index is 216. The van der Waals surface area contributed by atoms with E-state index in [1.54, 1.807) is 0 Å². The molecule has 0 heterocycles. The van der Waals surface area contributed by atoms with E-state index in [4.69, 9.17) is 14.2 Å². The van der Waals surface area contributed by atoms with Gasteiger partial charge in [-0.15, -0.1) is 0 Å². The number of amides is 2. The molecule has 0 aliphatic rings. The van der Waals surface area contributed by atoms with E-state index in [0.717, 1.165) is 0 Å². The van der Waals surface area contributed by atoms with Crippen LogP contribution in [-0.4, -0.2) is 25.4 Å². The van der Waals surface area contributed by atoms with E-state index < -0.39 is 25.4 Å². The maximum Gasteiger partial charge on any atom is 0.404 e. The van der Waals surface area contributed by atoms with Gasteiger partial charge < -0.3 is 20.9 Å². The maximum absolute atomic E-state index is 10.3. The number of carbonyl (C=O) groups excluding carboxylic acids is 2. The summed E-state index contributed by atoms with van der Waals surface area (Å²) in [6.07, 6.45) is -0.165. The Labute approximate surface area is 85.3 Å². The van der Waals surface area contributed by atoms with Crippen molar-refractivity contribution in [2.45, 2.75) is 25.7 Å². The average Bonchev–Trinajstić information content (AvgIpc) is 2.10. The van der Waals surface area contributed by atoms with Gasteiger partial charge in [0.1, 0.15) is 0 Å². The lowest BCUT2D eigenvalue weighted by Gasteiger charge is -2.02. The number of nitrogens with two attached hydrogens (primary N) is 2. The second-order valence-corrected chi connectivity index (χ2v) is 2.49. The van der Waals surface area contributed by atoms with Crippen LogP contribution in [0.5, 0.6) is 0 Å². The molecule has 0 fully saturated rings. The summed E-state index contributed by atoms with van der Waals surface area (Å²) in [4.78, 5) is 20.5. The molecule has 0 bridgehead atoms. The van der Waals surface area contributed by atoms with Crippen LogP contribution < -0.4 is 11.5 Å². The van der Waals surface area contributed by atoms with Gasteiger partial charge in [-0.05, 0) is 25.7 Å². The summed E-state index contributed by atoms with van der Waals surface area (Å²) in [5, 5.41) is 0. The van der Waals surface area contributed by atoms with Crippen LogP contribution in [0, 0.1) is 0 Å². The molecular formula is C8H16N2O4. The lowest BCUT2D eigenvalue weighted by molar-refractivity contribution is 0.148. The van der Waals surface area contributed by atoms with Crippen LogP contribution in [0.25, 0.3) is 0 Å². The van der Waals surface area contributed by atoms with Crippen molar-refractivity contribution in [1.82, 2.24) is 0 Å². The van der Waals surface area contributed by atoms with Crippen molar-refractivity contribution in [3.63, 3.8) is 0 Å². The van der Waals surface area contributed by atoms with Crippen molar-refractivity contribution in [3.8, 4) is 0 Å². The van der Waals surface area contributed by atoms with E-state index in [9.17, 15) is 9.59 Å². The standard InChI is InChI=1S/C8H16N2O4/c9-7(11)13-5-3-1-2-4-6-14-8(10)12/h1-6H2,(H2,9,11)(H2,10,12)/i5D,6D. The van der Waals surface area contributed by atoms with Gasteiger partial charge in [-0.3, -0.25) is 0 Å². The lowest BCUT2D eigenvalue weighted by atomic mass is 10.2. The van der Waals surface area contributed by atoms with E-state index >= 15 is 0 Å². The molecule has 6 nitrogen and oxygen atoms in total. The highest BCUT2D eigenvalue weighted by Crippen LogP contribution is 2.00. The summed E-state index contributed by atoms with van der Waals surface area (Å²) in [5.74, 6) is 0. The Morgan fingerprint density at radius 1 is 0.929 bits per heavy atom. The summed E-state index contributed by atoms with van der Waals surface area (Å²) in [5.41, 5.74) is 9.44. The highest BCUT2D eigenvalue weighted by atomic mass is 16.5. The van der Waals surface area contributed by atoms with Gasteiger partial charge in [-0.1, -0.05) is 0 Å². The van der Waals surface area contributed by atoms with E-state index in [2.05, 4.69) is 9.47 Å². The third kappa shape index (κ3) is 10.5. The molecule has 0 saturated heterocycles. The monoisotopic (exact) mass is 206 g/mol. The van der Waals surface area contributed by atoms with Crippen molar-refractivity contribution in [3.05, 3.63) is 0 Å². The predicted molar refractivity (Wildman–Crippen MR) is 49.5 cm³/mol. The fourth-order valence-corrected chi connectivity index (χ4v) is 0.737. The third-order valence-electron chi connectivity index (χ3n) is 1.29. The SMILES string of the molecule is [2H]C(CCCCC([2H])OC(N)=O)OC(N)=O. The Morgan fingerprint density at radius 3 is 1.57 bits per heavy atom. The first-order valence-corrected chi connectivity index (χ1v) is 4.18. The highest BCUT2D eigenvalue weighted by Gasteiger charge is 1.95. The second kappa shape index (κ2) is 8.15. The molecule has 4 N–H and O–H groups in total. The fraction of sp³-hybridized carbons (Fsp3) is 0.750. The molecule has 0 spiro atoms. The van der Waals surface area contributed by atoms with Crippen molar-refractivity contribution in [2.75, 3.05) is 13.2 Å². The van der Waals surface area contributed by atoms with Gasteiger partial charge in [-0.2, -0.15) is 0 Å². The molecule has 82 valence electrons. The molecule has 0 aliphatic heterocycles. The summed E-state index contributed by atoms with van der Waals surface area (Å²) in [7, 11) is 0. The molecule has 14 heavy (non-hydrogen) atoms. The topological polar surface area (TPSA) is 105 Å². The zero-order valence-electron chi connectivity index (χ0n) is 9.77. The number of ether oxygens (including phenoxy) is 2. The molecule has 0 aromatic carbocycles. The lowest BCUT2D eigenvalue weighted by Crippen LogP contribution is -2.14. The van der Waals surface area contributed by atoms with Crippen LogP contribution >= 0.6 is 0 Å². The van der Waals surface area contributed by atoms with Gasteiger partial charge in [0.2, 0.25) is 0 Å². The Hall–Kier alpha value is -1.46. The summed E-state index contributed by atoms with van der Waals surface area (Å²) in [6, 6.07) is 0. The number of rotatable bonds is 7. The number of unbranched alkanes of at least 4 members (excludes halogenated alkanes) is 1. The maximum atomic E-state index is 10.3. The first-order valence-electron chi connectivity index (χ1n) is 5.34.